The van der Waals surface area contributed by atoms with Gasteiger partial charge in [0.1, 0.15) is 0 Å². The molecule has 0 aromatic heterocycles. The molecule has 0 unspecified atom stereocenters. The molecule has 0 aromatic rings. The third kappa shape index (κ3) is 5.70. The van der Waals surface area contributed by atoms with Gasteiger partial charge in [-0.1, -0.05) is 19.1 Å². The summed E-state index contributed by atoms with van der Waals surface area (Å²) < 4.78 is 0. The zero-order valence-electron chi connectivity index (χ0n) is 5.07. The Morgan fingerprint density at radius 3 is 2.57 bits per heavy atom. The molecule has 1 heteroatoms. The van der Waals surface area contributed by atoms with Gasteiger partial charge >= 0.3 is 0 Å². The fourth-order valence-corrected chi connectivity index (χ4v) is 0.368. The van der Waals surface area contributed by atoms with Crippen molar-refractivity contribution in [3.63, 3.8) is 0 Å². The molecule has 42 valence electrons. The van der Waals surface area contributed by atoms with Crippen molar-refractivity contribution in [3.05, 3.63) is 12.2 Å². The van der Waals surface area contributed by atoms with Crippen molar-refractivity contribution in [1.29, 1.82) is 0 Å². The Kier molecular flexibility index (Phi) is 5.46. The van der Waals surface area contributed by atoms with Crippen LogP contribution in [-0.4, -0.2) is 13.6 Å². The van der Waals surface area contributed by atoms with Crippen LogP contribution in [0.1, 0.15) is 13.3 Å². The third-order valence-electron chi connectivity index (χ3n) is 0.724. The van der Waals surface area contributed by atoms with E-state index in [1.54, 1.807) is 0 Å². The Balaban J connectivity index is 2.78. The third-order valence-corrected chi connectivity index (χ3v) is 0.724. The molecule has 0 heterocycles. The highest BCUT2D eigenvalue weighted by molar-refractivity contribution is 4.81. The molecule has 0 aliphatic heterocycles. The summed E-state index contributed by atoms with van der Waals surface area (Å²) in [6.07, 6.45) is 5.41. The van der Waals surface area contributed by atoms with Gasteiger partial charge < -0.3 is 5.32 Å². The Labute approximate surface area is 45.4 Å². The topological polar surface area (TPSA) is 12.0 Å². The molecule has 0 saturated carbocycles. The Morgan fingerprint density at radius 1 is 1.43 bits per heavy atom. The molecule has 0 rings (SSSR count). The molecule has 0 aliphatic rings. The quantitative estimate of drug-likeness (QED) is 0.524. The van der Waals surface area contributed by atoms with Crippen LogP contribution in [0.2, 0.25) is 0 Å². The minimum atomic E-state index is 0.994. The second kappa shape index (κ2) is 5.70. The average molecular weight is 99.2 g/mol. The SMILES string of the molecule is CCC=CCNC. The Hall–Kier alpha value is -0.300. The normalized spacial score (nSPS) is 10.6. The van der Waals surface area contributed by atoms with Crippen LogP contribution in [0, 0.1) is 0 Å². The highest BCUT2D eigenvalue weighted by Crippen LogP contribution is 1.75. The summed E-state index contributed by atoms with van der Waals surface area (Å²) in [5.41, 5.74) is 0. The first kappa shape index (κ1) is 6.70. The van der Waals surface area contributed by atoms with Crippen LogP contribution in [0.15, 0.2) is 12.2 Å². The lowest BCUT2D eigenvalue weighted by Gasteiger charge is -1.83. The van der Waals surface area contributed by atoms with Crippen molar-refractivity contribution in [2.24, 2.45) is 0 Å². The molecule has 1 nitrogen and oxygen atoms in total. The summed E-state index contributed by atoms with van der Waals surface area (Å²) in [6.45, 7) is 3.12. The minimum absolute atomic E-state index is 0.994. The van der Waals surface area contributed by atoms with E-state index in [2.05, 4.69) is 24.4 Å². The van der Waals surface area contributed by atoms with Crippen molar-refractivity contribution in [2.45, 2.75) is 13.3 Å². The van der Waals surface area contributed by atoms with Crippen LogP contribution in [-0.2, 0) is 0 Å². The molecule has 0 saturated heterocycles. The first-order valence-corrected chi connectivity index (χ1v) is 2.71. The predicted octanol–water partition coefficient (Wildman–Crippen LogP) is 1.17. The highest BCUT2D eigenvalue weighted by Gasteiger charge is 1.65. The Bertz CT molecular complexity index is 48.1. The van der Waals surface area contributed by atoms with Crippen molar-refractivity contribution in [3.8, 4) is 0 Å². The number of hydrogen-bond acceptors (Lipinski definition) is 1. The van der Waals surface area contributed by atoms with Crippen LogP contribution in [0.3, 0.4) is 0 Å². The predicted molar refractivity (Wildman–Crippen MR) is 33.4 cm³/mol. The lowest BCUT2D eigenvalue weighted by Crippen LogP contribution is -2.03. The highest BCUT2D eigenvalue weighted by atomic mass is 14.8. The standard InChI is InChI=1S/C6H13N/c1-3-4-5-6-7-2/h4-5,7H,3,6H2,1-2H3. The van der Waals surface area contributed by atoms with Gasteiger partial charge in [-0.25, -0.2) is 0 Å². The summed E-state index contributed by atoms with van der Waals surface area (Å²) >= 11 is 0. The van der Waals surface area contributed by atoms with Gasteiger partial charge in [-0.05, 0) is 13.5 Å². The van der Waals surface area contributed by atoms with Gasteiger partial charge in [0.05, 0.1) is 0 Å². The van der Waals surface area contributed by atoms with E-state index in [4.69, 9.17) is 0 Å². The second-order valence-electron chi connectivity index (χ2n) is 1.44. The van der Waals surface area contributed by atoms with Crippen molar-refractivity contribution in [1.82, 2.24) is 5.32 Å². The smallest absolute Gasteiger partial charge is 0.0131 e. The summed E-state index contributed by atoms with van der Waals surface area (Å²) in [4.78, 5) is 0. The zero-order valence-corrected chi connectivity index (χ0v) is 5.07. The molecular weight excluding hydrogens is 86.1 g/mol. The Morgan fingerprint density at radius 2 is 2.14 bits per heavy atom. The van der Waals surface area contributed by atoms with Crippen molar-refractivity contribution < 1.29 is 0 Å². The number of nitrogens with one attached hydrogen (secondary N) is 1. The number of allylic oxidation sites excluding steroid dienone is 1. The summed E-state index contributed by atoms with van der Waals surface area (Å²) in [7, 11) is 1.94. The van der Waals surface area contributed by atoms with Gasteiger partial charge in [-0.3, -0.25) is 0 Å². The van der Waals surface area contributed by atoms with Crippen LogP contribution < -0.4 is 5.32 Å². The molecule has 0 aromatic carbocycles. The van der Waals surface area contributed by atoms with Crippen LogP contribution >= 0.6 is 0 Å². The van der Waals surface area contributed by atoms with Crippen LogP contribution in [0.25, 0.3) is 0 Å². The molecule has 1 N–H and O–H groups in total. The molecule has 0 fully saturated rings. The van der Waals surface area contributed by atoms with Crippen molar-refractivity contribution >= 4 is 0 Å². The molecule has 0 spiro atoms. The fraction of sp³-hybridized carbons (Fsp3) is 0.667. The zero-order chi connectivity index (χ0) is 5.54. The summed E-state index contributed by atoms with van der Waals surface area (Å²) in [6, 6.07) is 0. The molecular formula is C6H13N. The maximum atomic E-state index is 3.02. The summed E-state index contributed by atoms with van der Waals surface area (Å²) in [5.74, 6) is 0. The van der Waals surface area contributed by atoms with E-state index in [9.17, 15) is 0 Å². The van der Waals surface area contributed by atoms with E-state index >= 15 is 0 Å². The van der Waals surface area contributed by atoms with E-state index in [1.165, 1.54) is 0 Å². The van der Waals surface area contributed by atoms with Gasteiger partial charge in [0.2, 0.25) is 0 Å². The lowest BCUT2D eigenvalue weighted by atomic mass is 10.4. The monoisotopic (exact) mass is 99.1 g/mol. The lowest BCUT2D eigenvalue weighted by molar-refractivity contribution is 0.915. The van der Waals surface area contributed by atoms with Crippen LogP contribution in [0.5, 0.6) is 0 Å². The van der Waals surface area contributed by atoms with Gasteiger partial charge in [0.25, 0.3) is 0 Å². The number of rotatable bonds is 3. The number of hydrogen-bond donors (Lipinski definition) is 1. The average Bonchev–Trinajstić information content (AvgIpc) is 1.69. The first-order chi connectivity index (χ1) is 3.41. The number of likely N-dealkylation sites (N-methyl/N-ethyl adjacent to an activating group) is 1. The maximum Gasteiger partial charge on any atom is 0.0131 e. The minimum Gasteiger partial charge on any atom is -0.316 e. The van der Waals surface area contributed by atoms with E-state index in [0.717, 1.165) is 13.0 Å². The van der Waals surface area contributed by atoms with Crippen molar-refractivity contribution in [2.75, 3.05) is 13.6 Å². The van der Waals surface area contributed by atoms with Crippen LogP contribution in [0.4, 0.5) is 0 Å². The molecule has 0 amide bonds. The molecule has 0 radical (unpaired) electrons. The second-order valence-corrected chi connectivity index (χ2v) is 1.44. The summed E-state index contributed by atoms with van der Waals surface area (Å²) in [5, 5.41) is 3.02. The van der Waals surface area contributed by atoms with Gasteiger partial charge in [-0.15, -0.1) is 0 Å². The molecule has 7 heavy (non-hydrogen) atoms. The molecule has 0 aliphatic carbocycles. The van der Waals surface area contributed by atoms with E-state index in [0.29, 0.717) is 0 Å². The van der Waals surface area contributed by atoms with E-state index < -0.39 is 0 Å². The fourth-order valence-electron chi connectivity index (χ4n) is 0.368. The van der Waals surface area contributed by atoms with Gasteiger partial charge in [-0.2, -0.15) is 0 Å². The molecule has 0 atom stereocenters. The largest absolute Gasteiger partial charge is 0.316 e. The molecule has 0 bridgehead atoms. The van der Waals surface area contributed by atoms with Gasteiger partial charge in [0, 0.05) is 6.54 Å². The van der Waals surface area contributed by atoms with Gasteiger partial charge in [0.15, 0.2) is 0 Å². The first-order valence-electron chi connectivity index (χ1n) is 2.71. The maximum absolute atomic E-state index is 3.02. The van der Waals surface area contributed by atoms with E-state index in [-0.39, 0.29) is 0 Å². The van der Waals surface area contributed by atoms with E-state index in [1.807, 2.05) is 7.05 Å².